The van der Waals surface area contributed by atoms with Crippen molar-refractivity contribution in [3.63, 3.8) is 0 Å². The fourth-order valence-electron chi connectivity index (χ4n) is 5.74. The number of sulfonamides is 1. The van der Waals surface area contributed by atoms with E-state index in [-0.39, 0.29) is 28.4 Å². The highest BCUT2D eigenvalue weighted by Gasteiger charge is 2.38. The molecule has 0 unspecified atom stereocenters. The average molecular weight is 752 g/mol. The van der Waals surface area contributed by atoms with E-state index in [0.29, 0.717) is 21.7 Å². The number of aromatic carboxylic acids is 1. The summed E-state index contributed by atoms with van der Waals surface area (Å²) in [6, 6.07) is 15.0. The van der Waals surface area contributed by atoms with Crippen LogP contribution in [-0.2, 0) is 27.9 Å². The van der Waals surface area contributed by atoms with E-state index < -0.39 is 73.9 Å². The van der Waals surface area contributed by atoms with Gasteiger partial charge in [0.1, 0.15) is 15.7 Å². The fraction of sp³-hybridized carbons (Fsp3) is 0.257. The first-order chi connectivity index (χ1) is 23.7. The van der Waals surface area contributed by atoms with Gasteiger partial charge in [0, 0.05) is 11.6 Å². The van der Waals surface area contributed by atoms with Crippen molar-refractivity contribution in [2.45, 2.75) is 55.5 Å². The molecule has 2 aliphatic rings. The molecule has 0 spiro atoms. The van der Waals surface area contributed by atoms with E-state index in [9.17, 15) is 41.4 Å². The SMILES string of the molecule is O=C(O)c1ccc(N(Cc2cc(C3CC3)cc(C3CC3)c2)C(=O)CN(Cc2ccccc2Cl)S(=O)(=O)c2c(F)c(F)c(F)c(F)c2Cl)c(O)c1. The summed E-state index contributed by atoms with van der Waals surface area (Å²) < 4.78 is 86.4. The van der Waals surface area contributed by atoms with Gasteiger partial charge in [-0.05, 0) is 84.0 Å². The summed E-state index contributed by atoms with van der Waals surface area (Å²) in [5, 5.41) is 18.9. The van der Waals surface area contributed by atoms with Crippen molar-refractivity contribution in [2.75, 3.05) is 11.4 Å². The number of carboxylic acids is 1. The molecule has 0 radical (unpaired) electrons. The summed E-state index contributed by atoms with van der Waals surface area (Å²) >= 11 is 12.0. The molecule has 6 rings (SSSR count). The molecule has 4 aromatic rings. The summed E-state index contributed by atoms with van der Waals surface area (Å²) in [6.45, 7) is -2.07. The van der Waals surface area contributed by atoms with Crippen LogP contribution in [0.2, 0.25) is 10.0 Å². The van der Waals surface area contributed by atoms with Crippen LogP contribution in [0.4, 0.5) is 23.2 Å². The summed E-state index contributed by atoms with van der Waals surface area (Å²) in [5.74, 6) is -11.5. The highest BCUT2D eigenvalue weighted by atomic mass is 35.5. The summed E-state index contributed by atoms with van der Waals surface area (Å²) in [7, 11) is -5.44. The van der Waals surface area contributed by atoms with Gasteiger partial charge in [-0.15, -0.1) is 0 Å². The number of phenols is 1. The number of nitrogens with zero attached hydrogens (tertiary/aromatic N) is 2. The number of rotatable bonds is 12. The predicted molar refractivity (Wildman–Crippen MR) is 177 cm³/mol. The monoisotopic (exact) mass is 750 g/mol. The van der Waals surface area contributed by atoms with E-state index in [4.69, 9.17) is 23.2 Å². The molecule has 2 fully saturated rings. The molecule has 2 N–H and O–H groups in total. The first-order valence-corrected chi connectivity index (χ1v) is 17.6. The third-order valence-corrected chi connectivity index (χ3v) is 11.3. The largest absolute Gasteiger partial charge is 0.506 e. The molecule has 0 atom stereocenters. The second kappa shape index (κ2) is 13.9. The quantitative estimate of drug-likeness (QED) is 0.0859. The molecule has 2 aliphatic carbocycles. The highest BCUT2D eigenvalue weighted by molar-refractivity contribution is 7.89. The van der Waals surface area contributed by atoms with Gasteiger partial charge in [0.05, 0.1) is 24.3 Å². The lowest BCUT2D eigenvalue weighted by molar-refractivity contribution is -0.119. The van der Waals surface area contributed by atoms with Crippen LogP contribution < -0.4 is 4.90 Å². The Morgan fingerprint density at radius 2 is 1.40 bits per heavy atom. The Morgan fingerprint density at radius 1 is 0.800 bits per heavy atom. The van der Waals surface area contributed by atoms with Gasteiger partial charge in [-0.25, -0.2) is 30.8 Å². The van der Waals surface area contributed by atoms with E-state index >= 15 is 4.39 Å². The average Bonchev–Trinajstić information content (AvgIpc) is 4.00. The maximum atomic E-state index is 15.1. The van der Waals surface area contributed by atoms with Gasteiger partial charge in [-0.2, -0.15) is 4.31 Å². The zero-order valence-electron chi connectivity index (χ0n) is 26.0. The van der Waals surface area contributed by atoms with Crippen molar-refractivity contribution < 1.29 is 45.8 Å². The van der Waals surface area contributed by atoms with Crippen LogP contribution in [0.5, 0.6) is 5.75 Å². The lowest BCUT2D eigenvalue weighted by atomic mass is 9.99. The Hall–Kier alpha value is -4.17. The van der Waals surface area contributed by atoms with Crippen molar-refractivity contribution in [3.8, 4) is 5.75 Å². The van der Waals surface area contributed by atoms with Crippen molar-refractivity contribution in [2.24, 2.45) is 0 Å². The van der Waals surface area contributed by atoms with E-state index in [1.807, 2.05) is 12.1 Å². The Labute approximate surface area is 294 Å². The van der Waals surface area contributed by atoms with Crippen LogP contribution in [0.15, 0.2) is 65.6 Å². The number of carbonyl (C=O) groups is 2. The minimum absolute atomic E-state index is 0.0337. The van der Waals surface area contributed by atoms with Crippen LogP contribution in [-0.4, -0.2) is 41.4 Å². The van der Waals surface area contributed by atoms with E-state index in [2.05, 4.69) is 6.07 Å². The number of amides is 1. The highest BCUT2D eigenvalue weighted by Crippen LogP contribution is 2.46. The molecule has 1 amide bonds. The van der Waals surface area contributed by atoms with Crippen molar-refractivity contribution >= 4 is 50.8 Å². The number of carboxylic acid groups (broad SMARTS) is 1. The number of hydrogen-bond donors (Lipinski definition) is 2. The second-order valence-corrected chi connectivity index (χ2v) is 15.0. The van der Waals surface area contributed by atoms with Gasteiger partial charge < -0.3 is 15.1 Å². The van der Waals surface area contributed by atoms with Crippen molar-refractivity contribution in [3.05, 3.63) is 122 Å². The lowest BCUT2D eigenvalue weighted by Crippen LogP contribution is -2.43. The maximum absolute atomic E-state index is 15.1. The van der Waals surface area contributed by atoms with Gasteiger partial charge in [-0.1, -0.05) is 59.6 Å². The van der Waals surface area contributed by atoms with Crippen molar-refractivity contribution in [1.82, 2.24) is 4.31 Å². The molecular formula is C35H28Cl2F4N2O6S. The minimum Gasteiger partial charge on any atom is -0.506 e. The molecule has 2 saturated carbocycles. The number of carbonyl (C=O) groups excluding carboxylic acids is 1. The molecule has 4 aromatic carbocycles. The molecule has 262 valence electrons. The number of benzene rings is 4. The normalized spacial score (nSPS) is 14.6. The Bertz CT molecular complexity index is 2080. The van der Waals surface area contributed by atoms with Gasteiger partial charge in [-0.3, -0.25) is 4.79 Å². The molecule has 0 aromatic heterocycles. The maximum Gasteiger partial charge on any atom is 0.335 e. The van der Waals surface area contributed by atoms with Crippen LogP contribution in [0, 0.1) is 23.3 Å². The third kappa shape index (κ3) is 7.18. The number of halogens is 6. The molecular weight excluding hydrogens is 723 g/mol. The summed E-state index contributed by atoms with van der Waals surface area (Å²) in [5.41, 5.74) is 2.41. The van der Waals surface area contributed by atoms with Gasteiger partial charge in [0.25, 0.3) is 0 Å². The topological polar surface area (TPSA) is 115 Å². The van der Waals surface area contributed by atoms with Crippen molar-refractivity contribution in [1.29, 1.82) is 0 Å². The Kier molecular flexibility index (Phi) is 9.88. The molecule has 0 heterocycles. The molecule has 15 heteroatoms. The molecule has 0 aliphatic heterocycles. The predicted octanol–water partition coefficient (Wildman–Crippen LogP) is 8.13. The number of phenolic OH excluding ortho intramolecular Hbond substituents is 1. The van der Waals surface area contributed by atoms with Crippen LogP contribution >= 0.6 is 23.2 Å². The van der Waals surface area contributed by atoms with Gasteiger partial charge in [0.15, 0.2) is 23.3 Å². The van der Waals surface area contributed by atoms with Gasteiger partial charge >= 0.3 is 5.97 Å². The molecule has 50 heavy (non-hydrogen) atoms. The van der Waals surface area contributed by atoms with E-state index in [0.717, 1.165) is 53.8 Å². The number of aromatic hydroxyl groups is 1. The van der Waals surface area contributed by atoms with Crippen LogP contribution in [0.25, 0.3) is 0 Å². The van der Waals surface area contributed by atoms with E-state index in [1.165, 1.54) is 30.3 Å². The lowest BCUT2D eigenvalue weighted by Gasteiger charge is -2.29. The number of anilines is 1. The van der Waals surface area contributed by atoms with E-state index in [1.54, 1.807) is 0 Å². The molecule has 8 nitrogen and oxygen atoms in total. The smallest absolute Gasteiger partial charge is 0.335 e. The first kappa shape index (κ1) is 35.6. The first-order valence-electron chi connectivity index (χ1n) is 15.4. The Balaban J connectivity index is 1.45. The number of hydrogen-bond acceptors (Lipinski definition) is 5. The standard InChI is InChI=1S/C35H28Cl2F4N2O6S/c36-25-4-2-1-3-22(25)16-42(50(48,49)34-29(37)30(38)31(39)32(40)33(34)41)17-28(45)43(26-10-9-21(35(46)47)14-27(26)44)15-18-11-23(19-5-6-19)13-24(12-18)20-7-8-20/h1-4,9-14,19-20,44H,5-8,15-17H2,(H,46,47). The third-order valence-electron chi connectivity index (χ3n) is 8.67. The van der Waals surface area contributed by atoms with Crippen LogP contribution in [0.3, 0.4) is 0 Å². The second-order valence-electron chi connectivity index (χ2n) is 12.3. The zero-order valence-corrected chi connectivity index (χ0v) is 28.3. The molecule has 0 bridgehead atoms. The zero-order chi connectivity index (χ0) is 36.1. The minimum atomic E-state index is -5.44. The Morgan fingerprint density at radius 3 is 1.96 bits per heavy atom. The van der Waals surface area contributed by atoms with Gasteiger partial charge in [0.2, 0.25) is 15.9 Å². The fourth-order valence-corrected chi connectivity index (χ4v) is 7.87. The summed E-state index contributed by atoms with van der Waals surface area (Å²) in [6.07, 6.45) is 3.97. The van der Waals surface area contributed by atoms with Crippen LogP contribution in [0.1, 0.15) is 70.1 Å². The molecule has 0 saturated heterocycles. The summed E-state index contributed by atoms with van der Waals surface area (Å²) in [4.78, 5) is 25.2.